The summed E-state index contributed by atoms with van der Waals surface area (Å²) in [6.07, 6.45) is 0.284. The number of ether oxygens (including phenoxy) is 1. The second-order valence-corrected chi connectivity index (χ2v) is 3.94. The molecule has 5 heteroatoms. The molecule has 0 aliphatic carbocycles. The van der Waals surface area contributed by atoms with Gasteiger partial charge in [0.05, 0.1) is 13.0 Å². The average molecular weight is 252 g/mol. The minimum absolute atomic E-state index is 0.0471. The first-order valence-corrected chi connectivity index (χ1v) is 5.96. The number of phenolic OH excluding ortho intramolecular Hbond substituents is 1. The Kier molecular flexibility index (Phi) is 6.83. The fourth-order valence-corrected chi connectivity index (χ4v) is 1.50. The molecule has 0 spiro atoms. The van der Waals surface area contributed by atoms with E-state index < -0.39 is 0 Å². The molecule has 0 bridgehead atoms. The molecule has 0 saturated carbocycles. The molecule has 3 N–H and O–H groups in total. The van der Waals surface area contributed by atoms with Gasteiger partial charge in [-0.05, 0) is 17.7 Å². The molecular formula is C13H20N2O3. The van der Waals surface area contributed by atoms with Crippen molar-refractivity contribution in [1.29, 1.82) is 0 Å². The molecule has 0 heterocycles. The number of nitrogens with one attached hydrogen (secondary N) is 2. The van der Waals surface area contributed by atoms with Crippen LogP contribution in [0, 0.1) is 0 Å². The second kappa shape index (κ2) is 8.49. The number of hydrogen-bond acceptors (Lipinski definition) is 4. The summed E-state index contributed by atoms with van der Waals surface area (Å²) in [6, 6.07) is 6.72. The lowest BCUT2D eigenvalue weighted by molar-refractivity contribution is -0.120. The molecule has 1 amide bonds. The van der Waals surface area contributed by atoms with E-state index in [1.165, 1.54) is 0 Å². The number of hydrogen-bond donors (Lipinski definition) is 3. The molecule has 1 aromatic rings. The third-order valence-corrected chi connectivity index (χ3v) is 2.38. The van der Waals surface area contributed by atoms with Gasteiger partial charge >= 0.3 is 0 Å². The van der Waals surface area contributed by atoms with Crippen molar-refractivity contribution in [2.75, 3.05) is 33.4 Å². The monoisotopic (exact) mass is 252 g/mol. The molecule has 0 aliphatic rings. The van der Waals surface area contributed by atoms with Gasteiger partial charge in [-0.1, -0.05) is 12.1 Å². The van der Waals surface area contributed by atoms with Crippen LogP contribution in [-0.4, -0.2) is 44.4 Å². The lowest BCUT2D eigenvalue weighted by Gasteiger charge is -2.06. The van der Waals surface area contributed by atoms with E-state index in [1.54, 1.807) is 25.3 Å². The summed E-state index contributed by atoms with van der Waals surface area (Å²) in [5.41, 5.74) is 0.805. The molecular weight excluding hydrogens is 232 g/mol. The van der Waals surface area contributed by atoms with E-state index in [4.69, 9.17) is 4.74 Å². The first kappa shape index (κ1) is 14.5. The van der Waals surface area contributed by atoms with Crippen LogP contribution in [0.2, 0.25) is 0 Å². The molecule has 0 unspecified atom stereocenters. The van der Waals surface area contributed by atoms with Crippen LogP contribution in [-0.2, 0) is 16.0 Å². The number of carbonyl (C=O) groups is 1. The summed E-state index contributed by atoms with van der Waals surface area (Å²) in [6.45, 7) is 2.74. The first-order chi connectivity index (χ1) is 8.72. The van der Waals surface area contributed by atoms with Crippen LogP contribution in [0.25, 0.3) is 0 Å². The largest absolute Gasteiger partial charge is 0.508 e. The van der Waals surface area contributed by atoms with Crippen molar-refractivity contribution < 1.29 is 14.6 Å². The van der Waals surface area contributed by atoms with Gasteiger partial charge in [0.25, 0.3) is 0 Å². The lowest BCUT2D eigenvalue weighted by Crippen LogP contribution is -2.33. The van der Waals surface area contributed by atoms with Crippen LogP contribution in [0.15, 0.2) is 24.3 Å². The van der Waals surface area contributed by atoms with Gasteiger partial charge in [-0.2, -0.15) is 0 Å². The number of aromatic hydroxyl groups is 1. The predicted octanol–water partition coefficient (Wildman–Crippen LogP) is 0.287. The highest BCUT2D eigenvalue weighted by atomic mass is 16.5. The quantitative estimate of drug-likeness (QED) is 0.581. The molecule has 1 rings (SSSR count). The zero-order chi connectivity index (χ0) is 13.2. The standard InChI is InChI=1S/C13H20N2O3/c1-18-8-7-14-5-6-15-13(17)10-11-3-2-4-12(16)9-11/h2-4,9,14,16H,5-8,10H2,1H3,(H,15,17). The lowest BCUT2D eigenvalue weighted by atomic mass is 10.1. The number of rotatable bonds is 8. The van der Waals surface area contributed by atoms with Crippen molar-refractivity contribution in [1.82, 2.24) is 10.6 Å². The van der Waals surface area contributed by atoms with Crippen LogP contribution in [0.5, 0.6) is 5.75 Å². The molecule has 0 fully saturated rings. The number of amides is 1. The van der Waals surface area contributed by atoms with E-state index in [1.807, 2.05) is 6.07 Å². The van der Waals surface area contributed by atoms with Crippen LogP contribution in [0.3, 0.4) is 0 Å². The summed E-state index contributed by atoms with van der Waals surface area (Å²) in [5.74, 6) is 0.135. The maximum Gasteiger partial charge on any atom is 0.224 e. The van der Waals surface area contributed by atoms with Crippen LogP contribution >= 0.6 is 0 Å². The summed E-state index contributed by atoms with van der Waals surface area (Å²) >= 11 is 0. The third kappa shape index (κ3) is 6.22. The Morgan fingerprint density at radius 1 is 1.33 bits per heavy atom. The maximum atomic E-state index is 11.6. The number of methoxy groups -OCH3 is 1. The Morgan fingerprint density at radius 2 is 2.17 bits per heavy atom. The highest BCUT2D eigenvalue weighted by Gasteiger charge is 2.02. The van der Waals surface area contributed by atoms with Gasteiger partial charge in [-0.25, -0.2) is 0 Å². The van der Waals surface area contributed by atoms with Crippen molar-refractivity contribution in [3.05, 3.63) is 29.8 Å². The smallest absolute Gasteiger partial charge is 0.224 e. The van der Waals surface area contributed by atoms with Gasteiger partial charge in [0.2, 0.25) is 5.91 Å². The van der Waals surface area contributed by atoms with E-state index in [0.29, 0.717) is 13.2 Å². The van der Waals surface area contributed by atoms with E-state index in [9.17, 15) is 9.90 Å². The van der Waals surface area contributed by atoms with Crippen molar-refractivity contribution >= 4 is 5.91 Å². The molecule has 0 aliphatic heterocycles. The highest BCUT2D eigenvalue weighted by molar-refractivity contribution is 5.78. The van der Waals surface area contributed by atoms with Gasteiger partial charge in [-0.3, -0.25) is 4.79 Å². The average Bonchev–Trinajstić information content (AvgIpc) is 2.33. The van der Waals surface area contributed by atoms with Crippen molar-refractivity contribution in [3.63, 3.8) is 0 Å². The van der Waals surface area contributed by atoms with Gasteiger partial charge < -0.3 is 20.5 Å². The summed E-state index contributed by atoms with van der Waals surface area (Å²) < 4.78 is 4.89. The van der Waals surface area contributed by atoms with Crippen LogP contribution in [0.4, 0.5) is 0 Å². The fourth-order valence-electron chi connectivity index (χ4n) is 1.50. The normalized spacial score (nSPS) is 10.3. The molecule has 100 valence electrons. The highest BCUT2D eigenvalue weighted by Crippen LogP contribution is 2.10. The SMILES string of the molecule is COCCNCCNC(=O)Cc1cccc(O)c1. The second-order valence-electron chi connectivity index (χ2n) is 3.94. The number of benzene rings is 1. The maximum absolute atomic E-state index is 11.6. The zero-order valence-electron chi connectivity index (χ0n) is 10.6. The summed E-state index contributed by atoms with van der Waals surface area (Å²) in [7, 11) is 1.65. The first-order valence-electron chi connectivity index (χ1n) is 5.96. The molecule has 0 aromatic heterocycles. The number of carbonyl (C=O) groups excluding carboxylic acids is 1. The third-order valence-electron chi connectivity index (χ3n) is 2.38. The molecule has 18 heavy (non-hydrogen) atoms. The van der Waals surface area contributed by atoms with Crippen molar-refractivity contribution in [2.45, 2.75) is 6.42 Å². The predicted molar refractivity (Wildman–Crippen MR) is 69.6 cm³/mol. The van der Waals surface area contributed by atoms with Crippen LogP contribution < -0.4 is 10.6 Å². The van der Waals surface area contributed by atoms with Gasteiger partial charge in [0, 0.05) is 26.7 Å². The zero-order valence-corrected chi connectivity index (χ0v) is 10.6. The Bertz CT molecular complexity index is 369. The Morgan fingerprint density at radius 3 is 2.89 bits per heavy atom. The molecule has 0 atom stereocenters. The number of phenols is 1. The van der Waals surface area contributed by atoms with E-state index in [-0.39, 0.29) is 18.1 Å². The summed E-state index contributed by atoms with van der Waals surface area (Å²) in [4.78, 5) is 11.6. The van der Waals surface area contributed by atoms with E-state index in [2.05, 4.69) is 10.6 Å². The van der Waals surface area contributed by atoms with Gasteiger partial charge in [0.15, 0.2) is 0 Å². The topological polar surface area (TPSA) is 70.6 Å². The Hall–Kier alpha value is -1.59. The Balaban J connectivity index is 2.14. The summed E-state index contributed by atoms with van der Waals surface area (Å²) in [5, 5.41) is 15.2. The van der Waals surface area contributed by atoms with Gasteiger partial charge in [0.1, 0.15) is 5.75 Å². The van der Waals surface area contributed by atoms with E-state index >= 15 is 0 Å². The van der Waals surface area contributed by atoms with Gasteiger partial charge in [-0.15, -0.1) is 0 Å². The molecule has 0 radical (unpaired) electrons. The van der Waals surface area contributed by atoms with Crippen LogP contribution in [0.1, 0.15) is 5.56 Å². The Labute approximate surface area is 107 Å². The molecule has 1 aromatic carbocycles. The molecule has 5 nitrogen and oxygen atoms in total. The fraction of sp³-hybridized carbons (Fsp3) is 0.462. The van der Waals surface area contributed by atoms with Crippen molar-refractivity contribution in [2.24, 2.45) is 0 Å². The minimum atomic E-state index is -0.0471. The minimum Gasteiger partial charge on any atom is -0.508 e. The molecule has 0 saturated heterocycles. The van der Waals surface area contributed by atoms with E-state index in [0.717, 1.165) is 18.7 Å². The van der Waals surface area contributed by atoms with Crippen molar-refractivity contribution in [3.8, 4) is 5.75 Å².